The van der Waals surface area contributed by atoms with Crippen LogP contribution >= 0.6 is 0 Å². The highest BCUT2D eigenvalue weighted by atomic mass is 16.5. The highest BCUT2D eigenvalue weighted by Crippen LogP contribution is 2.29. The summed E-state index contributed by atoms with van der Waals surface area (Å²) in [5, 5.41) is 21.2. The van der Waals surface area contributed by atoms with Crippen molar-refractivity contribution >= 4 is 0 Å². The molecule has 3 rings (SSSR count). The molecule has 1 fully saturated rings. The number of piperidine rings is 1. The number of H-pyrrole nitrogens is 1. The molecule has 1 aliphatic rings. The largest absolute Gasteiger partial charge is 0.492 e. The van der Waals surface area contributed by atoms with E-state index < -0.39 is 5.60 Å². The van der Waals surface area contributed by atoms with Crippen LogP contribution in [0.5, 0.6) is 5.75 Å². The first-order valence-corrected chi connectivity index (χ1v) is 8.08. The second-order valence-corrected chi connectivity index (χ2v) is 6.34. The molecule has 0 spiro atoms. The van der Waals surface area contributed by atoms with Crippen LogP contribution in [0.2, 0.25) is 0 Å². The number of nitrogens with one attached hydrogen (secondary N) is 1. The van der Waals surface area contributed by atoms with Gasteiger partial charge in [-0.2, -0.15) is 15.4 Å². The number of aliphatic hydroxyl groups is 1. The molecule has 1 atom stereocenters. The van der Waals surface area contributed by atoms with E-state index in [-0.39, 0.29) is 0 Å². The van der Waals surface area contributed by atoms with Gasteiger partial charge in [-0.3, -0.25) is 4.90 Å². The summed E-state index contributed by atoms with van der Waals surface area (Å²) in [4.78, 5) is 2.23. The quantitative estimate of drug-likeness (QED) is 0.879. The average Bonchev–Trinajstić information content (AvgIpc) is 3.06. The molecule has 2 aromatic rings. The summed E-state index contributed by atoms with van der Waals surface area (Å²) >= 11 is 0. The standard InChI is InChI=1S/C17H24N4O2/c1-13-5-3-6-14(2)16(13)23-10-9-21-8-4-7-17(22,12-21)15-11-18-20-19-15/h3,5-6,11,22H,4,7-10,12H2,1-2H3,(H,18,19,20)/t17-/m1/s1. The fourth-order valence-corrected chi connectivity index (χ4v) is 3.25. The van der Waals surface area contributed by atoms with Crippen molar-refractivity contribution in [3.63, 3.8) is 0 Å². The van der Waals surface area contributed by atoms with Crippen LogP contribution in [0.3, 0.4) is 0 Å². The third kappa shape index (κ3) is 3.54. The van der Waals surface area contributed by atoms with E-state index in [0.717, 1.165) is 36.4 Å². The van der Waals surface area contributed by atoms with E-state index >= 15 is 0 Å². The maximum atomic E-state index is 10.8. The molecule has 0 radical (unpaired) electrons. The molecule has 0 amide bonds. The zero-order chi connectivity index (χ0) is 16.3. The van der Waals surface area contributed by atoms with Crippen LogP contribution in [0.4, 0.5) is 0 Å². The minimum atomic E-state index is -0.913. The summed E-state index contributed by atoms with van der Waals surface area (Å²) in [6.45, 7) is 7.06. The summed E-state index contributed by atoms with van der Waals surface area (Å²) < 4.78 is 5.97. The maximum Gasteiger partial charge on any atom is 0.125 e. The van der Waals surface area contributed by atoms with Crippen molar-refractivity contribution in [1.29, 1.82) is 0 Å². The Kier molecular flexibility index (Phi) is 4.63. The van der Waals surface area contributed by atoms with E-state index in [1.54, 1.807) is 6.20 Å². The van der Waals surface area contributed by atoms with E-state index in [9.17, 15) is 5.11 Å². The topological polar surface area (TPSA) is 74.3 Å². The lowest BCUT2D eigenvalue weighted by Gasteiger charge is -2.37. The van der Waals surface area contributed by atoms with Crippen LogP contribution in [-0.4, -0.2) is 51.7 Å². The van der Waals surface area contributed by atoms with Gasteiger partial charge in [-0.15, -0.1) is 0 Å². The van der Waals surface area contributed by atoms with Crippen molar-refractivity contribution < 1.29 is 9.84 Å². The zero-order valence-corrected chi connectivity index (χ0v) is 13.7. The molecule has 2 N–H and O–H groups in total. The molecule has 0 unspecified atom stereocenters. The number of aromatic amines is 1. The third-order valence-corrected chi connectivity index (χ3v) is 4.50. The number of benzene rings is 1. The van der Waals surface area contributed by atoms with Gasteiger partial charge in [-0.25, -0.2) is 0 Å². The number of ether oxygens (including phenoxy) is 1. The molecule has 1 aromatic heterocycles. The first kappa shape index (κ1) is 16.0. The van der Waals surface area contributed by atoms with Crippen LogP contribution < -0.4 is 4.74 Å². The minimum absolute atomic E-state index is 0.565. The highest BCUT2D eigenvalue weighted by molar-refractivity contribution is 5.39. The van der Waals surface area contributed by atoms with Crippen LogP contribution in [-0.2, 0) is 5.60 Å². The van der Waals surface area contributed by atoms with Crippen molar-refractivity contribution in [2.45, 2.75) is 32.3 Å². The van der Waals surface area contributed by atoms with E-state index in [1.165, 1.54) is 0 Å². The summed E-state index contributed by atoms with van der Waals surface area (Å²) in [6, 6.07) is 6.17. The summed E-state index contributed by atoms with van der Waals surface area (Å²) in [7, 11) is 0. The van der Waals surface area contributed by atoms with E-state index in [0.29, 0.717) is 25.3 Å². The normalized spacial score (nSPS) is 22.2. The Morgan fingerprint density at radius 3 is 2.83 bits per heavy atom. The van der Waals surface area contributed by atoms with Gasteiger partial charge in [0.05, 0.1) is 6.20 Å². The van der Waals surface area contributed by atoms with E-state index in [1.807, 2.05) is 6.07 Å². The van der Waals surface area contributed by atoms with Gasteiger partial charge in [0, 0.05) is 13.1 Å². The number of hydrogen-bond donors (Lipinski definition) is 2. The van der Waals surface area contributed by atoms with Gasteiger partial charge in [0.2, 0.25) is 0 Å². The Labute approximate surface area is 136 Å². The molecule has 0 bridgehead atoms. The number of β-amino-alcohol motifs (C(OH)–C–C–N with tert-alkyl or cyclic N) is 1. The van der Waals surface area contributed by atoms with Gasteiger partial charge in [0.25, 0.3) is 0 Å². The number of likely N-dealkylation sites (tertiary alicyclic amines) is 1. The number of nitrogens with zero attached hydrogens (tertiary/aromatic N) is 3. The van der Waals surface area contributed by atoms with Crippen LogP contribution in [0.1, 0.15) is 29.7 Å². The van der Waals surface area contributed by atoms with Crippen molar-refractivity contribution in [3.8, 4) is 5.75 Å². The lowest BCUT2D eigenvalue weighted by molar-refractivity contribution is -0.0412. The Morgan fingerprint density at radius 1 is 1.35 bits per heavy atom. The van der Waals surface area contributed by atoms with Crippen molar-refractivity contribution in [2.24, 2.45) is 0 Å². The monoisotopic (exact) mass is 316 g/mol. The van der Waals surface area contributed by atoms with Crippen molar-refractivity contribution in [3.05, 3.63) is 41.2 Å². The lowest BCUT2D eigenvalue weighted by atomic mass is 9.90. The molecule has 124 valence electrons. The molecule has 0 saturated carbocycles. The number of rotatable bonds is 5. The summed E-state index contributed by atoms with van der Waals surface area (Å²) in [6.07, 6.45) is 3.26. The van der Waals surface area contributed by atoms with Gasteiger partial charge >= 0.3 is 0 Å². The summed E-state index contributed by atoms with van der Waals surface area (Å²) in [5.74, 6) is 0.969. The molecule has 0 aliphatic carbocycles. The Morgan fingerprint density at radius 2 is 2.13 bits per heavy atom. The van der Waals surface area contributed by atoms with Crippen LogP contribution in [0.25, 0.3) is 0 Å². The van der Waals surface area contributed by atoms with Gasteiger partial charge in [0.15, 0.2) is 0 Å². The minimum Gasteiger partial charge on any atom is -0.492 e. The fraction of sp³-hybridized carbons (Fsp3) is 0.529. The molecule has 1 aromatic carbocycles. The Balaban J connectivity index is 1.57. The number of aryl methyl sites for hydroxylation is 2. The van der Waals surface area contributed by atoms with Gasteiger partial charge in [-0.1, -0.05) is 18.2 Å². The lowest BCUT2D eigenvalue weighted by Crippen LogP contribution is -2.47. The molecular weight excluding hydrogens is 292 g/mol. The Bertz CT molecular complexity index is 624. The molecule has 23 heavy (non-hydrogen) atoms. The first-order chi connectivity index (χ1) is 11.1. The zero-order valence-electron chi connectivity index (χ0n) is 13.7. The van der Waals surface area contributed by atoms with Crippen LogP contribution in [0.15, 0.2) is 24.4 Å². The number of hydrogen-bond acceptors (Lipinski definition) is 5. The van der Waals surface area contributed by atoms with Crippen LogP contribution in [0, 0.1) is 13.8 Å². The Hall–Kier alpha value is -1.92. The van der Waals surface area contributed by atoms with Gasteiger partial charge < -0.3 is 9.84 Å². The van der Waals surface area contributed by atoms with Crippen molar-refractivity contribution in [2.75, 3.05) is 26.2 Å². The first-order valence-electron chi connectivity index (χ1n) is 8.08. The molecule has 2 heterocycles. The smallest absolute Gasteiger partial charge is 0.125 e. The predicted octanol–water partition coefficient (Wildman–Crippen LogP) is 1.78. The number of aromatic nitrogens is 3. The molecule has 1 saturated heterocycles. The highest BCUT2D eigenvalue weighted by Gasteiger charge is 2.36. The van der Waals surface area contributed by atoms with Gasteiger partial charge in [-0.05, 0) is 44.4 Å². The second-order valence-electron chi connectivity index (χ2n) is 6.34. The third-order valence-electron chi connectivity index (χ3n) is 4.50. The number of para-hydroxylation sites is 1. The van der Waals surface area contributed by atoms with Gasteiger partial charge in [0.1, 0.15) is 23.7 Å². The average molecular weight is 316 g/mol. The maximum absolute atomic E-state index is 10.8. The fourth-order valence-electron chi connectivity index (χ4n) is 3.25. The van der Waals surface area contributed by atoms with E-state index in [2.05, 4.69) is 46.3 Å². The van der Waals surface area contributed by atoms with E-state index in [4.69, 9.17) is 4.74 Å². The molecule has 6 nitrogen and oxygen atoms in total. The van der Waals surface area contributed by atoms with Crippen molar-refractivity contribution in [1.82, 2.24) is 20.3 Å². The SMILES string of the molecule is Cc1cccc(C)c1OCCN1CCC[C@](O)(c2cn[nH]n2)C1. The molecule has 6 heteroatoms. The molecular formula is C17H24N4O2. The molecule has 1 aliphatic heterocycles. The predicted molar refractivity (Wildman–Crippen MR) is 87.4 cm³/mol. The second kappa shape index (κ2) is 6.68. The summed E-state index contributed by atoms with van der Waals surface area (Å²) in [5.41, 5.74) is 2.02.